The van der Waals surface area contributed by atoms with Gasteiger partial charge in [-0.1, -0.05) is 24.3 Å². The maximum absolute atomic E-state index is 14.1. The number of benzene rings is 1. The zero-order valence-electron chi connectivity index (χ0n) is 25.3. The molecule has 0 spiro atoms. The van der Waals surface area contributed by atoms with Gasteiger partial charge in [0.25, 0.3) is 5.91 Å². The monoisotopic (exact) mass is 660 g/mol. The van der Waals surface area contributed by atoms with Crippen molar-refractivity contribution >= 4 is 16.8 Å². The molecule has 0 aliphatic carbocycles. The Morgan fingerprint density at radius 2 is 1.57 bits per heavy atom. The molecule has 8 N–H and O–H groups in total. The molecule has 2 aromatic rings. The molecule has 14 atom stereocenters. The van der Waals surface area contributed by atoms with Gasteiger partial charge in [0.2, 0.25) is 6.29 Å². The molecule has 1 amide bonds. The summed E-state index contributed by atoms with van der Waals surface area (Å²) < 4.78 is 25.1. The third-order valence-electron chi connectivity index (χ3n) is 10.4. The van der Waals surface area contributed by atoms with Crippen LogP contribution in [0.25, 0.3) is 10.9 Å². The van der Waals surface area contributed by atoms with Gasteiger partial charge in [0.05, 0.1) is 36.6 Å². The summed E-state index contributed by atoms with van der Waals surface area (Å²) in [7, 11) is 0. The van der Waals surface area contributed by atoms with Crippen molar-refractivity contribution in [2.45, 2.75) is 86.5 Å². The molecule has 3 saturated heterocycles. The number of aromatic nitrogens is 1. The predicted octanol–water partition coefficient (Wildman–Crippen LogP) is -2.08. The fraction of sp³-hybridized carbons (Fsp3) is 0.594. The van der Waals surface area contributed by atoms with Crippen LogP contribution in [0.3, 0.4) is 0 Å². The first kappa shape index (κ1) is 32.6. The van der Waals surface area contributed by atoms with E-state index in [4.69, 9.17) is 18.9 Å². The second-order valence-corrected chi connectivity index (χ2v) is 12.8. The highest BCUT2D eigenvalue weighted by Gasteiger charge is 2.53. The number of carbonyl (C=O) groups excluding carboxylic acids is 1. The van der Waals surface area contributed by atoms with Gasteiger partial charge in [-0.15, -0.1) is 6.58 Å². The Hall–Kier alpha value is -2.93. The minimum atomic E-state index is -1.66. The van der Waals surface area contributed by atoms with Crippen LogP contribution in [0.4, 0.5) is 0 Å². The predicted molar refractivity (Wildman–Crippen MR) is 159 cm³/mol. The number of aliphatic hydroxyl groups is 8. The van der Waals surface area contributed by atoms with Crippen LogP contribution in [0, 0.1) is 11.8 Å². The summed E-state index contributed by atoms with van der Waals surface area (Å²) in [6, 6.07) is 6.95. The van der Waals surface area contributed by atoms with Crippen molar-refractivity contribution in [2.75, 3.05) is 19.8 Å². The zero-order valence-corrected chi connectivity index (χ0v) is 25.3. The molecule has 47 heavy (non-hydrogen) atoms. The first-order valence-corrected chi connectivity index (χ1v) is 15.8. The summed E-state index contributed by atoms with van der Waals surface area (Å²) in [5, 5.41) is 83.8. The van der Waals surface area contributed by atoms with Crippen molar-refractivity contribution in [1.29, 1.82) is 0 Å². The number of hydrogen-bond acceptors (Lipinski definition) is 13. The Kier molecular flexibility index (Phi) is 8.68. The van der Waals surface area contributed by atoms with Crippen LogP contribution < -0.4 is 0 Å². The van der Waals surface area contributed by atoms with Gasteiger partial charge in [0.15, 0.2) is 12.5 Å². The number of rotatable bonds is 6. The number of aliphatic hydroxyl groups excluding tert-OH is 8. The highest BCUT2D eigenvalue weighted by molar-refractivity contribution is 5.96. The highest BCUT2D eigenvalue weighted by Crippen LogP contribution is 2.50. The molecule has 0 radical (unpaired) electrons. The molecule has 0 saturated carbocycles. The van der Waals surface area contributed by atoms with Crippen LogP contribution in [-0.2, 0) is 30.2 Å². The van der Waals surface area contributed by atoms with Crippen molar-refractivity contribution in [3.05, 3.63) is 60.0 Å². The van der Waals surface area contributed by atoms with E-state index in [9.17, 15) is 45.6 Å². The Morgan fingerprint density at radius 1 is 0.894 bits per heavy atom. The summed E-state index contributed by atoms with van der Waals surface area (Å²) in [6.45, 7) is 3.13. The summed E-state index contributed by atoms with van der Waals surface area (Å²) in [4.78, 5) is 15.8. The quantitative estimate of drug-likeness (QED) is 0.156. The topological polar surface area (TPSA) is 224 Å². The van der Waals surface area contributed by atoms with Crippen LogP contribution in [0.5, 0.6) is 0 Å². The van der Waals surface area contributed by atoms with Gasteiger partial charge in [0.1, 0.15) is 48.8 Å². The van der Waals surface area contributed by atoms with E-state index in [-0.39, 0.29) is 5.91 Å². The van der Waals surface area contributed by atoms with Crippen LogP contribution in [-0.4, -0.2) is 137 Å². The second kappa shape index (κ2) is 12.5. The Labute approximate surface area is 269 Å². The smallest absolute Gasteiger partial charge is 0.253 e. The number of amides is 1. The van der Waals surface area contributed by atoms with Crippen LogP contribution in [0.2, 0.25) is 0 Å². The van der Waals surface area contributed by atoms with E-state index in [1.54, 1.807) is 15.5 Å². The number of hydrogen-bond donors (Lipinski definition) is 8. The Balaban J connectivity index is 1.25. The molecule has 6 heterocycles. The Bertz CT molecular complexity index is 1540. The Morgan fingerprint density at radius 3 is 2.28 bits per heavy atom. The molecule has 3 fully saturated rings. The van der Waals surface area contributed by atoms with E-state index < -0.39 is 98.7 Å². The second-order valence-electron chi connectivity index (χ2n) is 12.8. The average Bonchev–Trinajstić information content (AvgIpc) is 3.42. The minimum absolute atomic E-state index is 0.277. The third kappa shape index (κ3) is 5.04. The lowest BCUT2D eigenvalue weighted by molar-refractivity contribution is -0.339. The number of ether oxygens (including phenoxy) is 4. The van der Waals surface area contributed by atoms with E-state index in [2.05, 4.69) is 6.58 Å². The van der Waals surface area contributed by atoms with Crippen LogP contribution >= 0.6 is 0 Å². The molecule has 15 heteroatoms. The van der Waals surface area contributed by atoms with E-state index in [0.29, 0.717) is 36.2 Å². The van der Waals surface area contributed by atoms with Gasteiger partial charge in [-0.05, 0) is 24.5 Å². The lowest BCUT2D eigenvalue weighted by atomic mass is 9.74. The van der Waals surface area contributed by atoms with Crippen LogP contribution in [0.15, 0.2) is 48.8 Å². The molecule has 5 aliphatic rings. The van der Waals surface area contributed by atoms with Crippen molar-refractivity contribution in [3.63, 3.8) is 0 Å². The zero-order chi connectivity index (χ0) is 33.3. The molecule has 0 bridgehead atoms. The van der Waals surface area contributed by atoms with Gasteiger partial charge in [-0.3, -0.25) is 4.79 Å². The van der Waals surface area contributed by atoms with Gasteiger partial charge in [-0.25, -0.2) is 0 Å². The highest BCUT2D eigenvalue weighted by atomic mass is 16.8. The fourth-order valence-electron chi connectivity index (χ4n) is 7.89. The number of nitrogens with zero attached hydrogens (tertiary/aromatic N) is 2. The summed E-state index contributed by atoms with van der Waals surface area (Å²) >= 11 is 0. The van der Waals surface area contributed by atoms with E-state index in [0.717, 1.165) is 10.9 Å². The van der Waals surface area contributed by atoms with Crippen molar-refractivity contribution < 1.29 is 64.6 Å². The molecule has 7 rings (SSSR count). The SMILES string of the molecule is C=C[C@@H]1[C@H](O[C@@H]2O[C@H](CO)[C@@H](O)[C@H](O)[C@H]2O)OC=C2C(=O)N3CCc4c(n([C@@H]5O[C@H](CO)[C@@H](O)[C@H](O)[C@H]5O)c5ccccc45)[C@H]3C[C@H]21. The standard InChI is InChI=1S/C32H40N2O13/c1-2-13-16-9-19-22-15(14-5-3-4-6-18(14)34(22)30-27(41)25(39)23(37)20(10-35)45-30)7-8-33(19)29(43)17(16)12-44-31(13)47-32-28(42)26(40)24(38)21(11-36)46-32/h2-6,12-13,16,19-21,23-28,30-32,35-42H,1,7-11H2/t13-,16-,19+,20+,21+,23+,24+,25-,26-,27+,28+,30+,31-,32-/m0/s1. The number of piperidine rings is 1. The van der Waals surface area contributed by atoms with Gasteiger partial charge < -0.3 is 69.3 Å². The van der Waals surface area contributed by atoms with Crippen molar-refractivity contribution in [3.8, 4) is 0 Å². The molecule has 256 valence electrons. The molecular weight excluding hydrogens is 620 g/mol. The molecule has 5 aliphatic heterocycles. The summed E-state index contributed by atoms with van der Waals surface area (Å²) in [5.74, 6) is -1.43. The van der Waals surface area contributed by atoms with Crippen molar-refractivity contribution in [2.24, 2.45) is 11.8 Å². The number of fused-ring (bicyclic) bond motifs is 6. The largest absolute Gasteiger partial charge is 0.471 e. The van der Waals surface area contributed by atoms with E-state index in [1.165, 1.54) is 6.26 Å². The maximum atomic E-state index is 14.1. The molecule has 1 aromatic heterocycles. The molecule has 15 nitrogen and oxygen atoms in total. The summed E-state index contributed by atoms with van der Waals surface area (Å²) in [6.07, 6.45) is -12.0. The van der Waals surface area contributed by atoms with Gasteiger partial charge >= 0.3 is 0 Å². The fourth-order valence-corrected chi connectivity index (χ4v) is 7.89. The van der Waals surface area contributed by atoms with Gasteiger partial charge in [0, 0.05) is 29.5 Å². The lowest BCUT2D eigenvalue weighted by Gasteiger charge is -2.49. The minimum Gasteiger partial charge on any atom is -0.471 e. The molecular formula is C32H40N2O13. The lowest BCUT2D eigenvalue weighted by Crippen LogP contribution is -2.60. The average molecular weight is 661 g/mol. The number of para-hydroxylation sites is 1. The van der Waals surface area contributed by atoms with Crippen LogP contribution in [0.1, 0.15) is 29.9 Å². The first-order chi connectivity index (χ1) is 22.6. The third-order valence-corrected chi connectivity index (χ3v) is 10.4. The summed E-state index contributed by atoms with van der Waals surface area (Å²) in [5.41, 5.74) is 2.71. The first-order valence-electron chi connectivity index (χ1n) is 15.8. The molecule has 1 aromatic carbocycles. The van der Waals surface area contributed by atoms with E-state index >= 15 is 0 Å². The normalized spacial score (nSPS) is 41.8. The number of carbonyl (C=O) groups is 1. The molecule has 0 unspecified atom stereocenters. The van der Waals surface area contributed by atoms with Crippen molar-refractivity contribution in [1.82, 2.24) is 9.47 Å². The van der Waals surface area contributed by atoms with E-state index in [1.807, 2.05) is 24.3 Å². The van der Waals surface area contributed by atoms with Gasteiger partial charge in [-0.2, -0.15) is 0 Å². The maximum Gasteiger partial charge on any atom is 0.253 e.